The Labute approximate surface area is 135 Å². The highest BCUT2D eigenvalue weighted by atomic mass is 35.5. The maximum atomic E-state index is 9.25. The van der Waals surface area contributed by atoms with Gasteiger partial charge in [0.15, 0.2) is 0 Å². The molecule has 0 aromatic heterocycles. The Morgan fingerprint density at radius 3 is 1.55 bits per heavy atom. The minimum Gasteiger partial charge on any atom is -0.478 e. The highest BCUT2D eigenvalue weighted by molar-refractivity contribution is 6.55. The van der Waals surface area contributed by atoms with Crippen LogP contribution in [0.5, 0.6) is 0 Å². The van der Waals surface area contributed by atoms with Crippen LogP contribution in [-0.2, 0) is 4.79 Å². The van der Waals surface area contributed by atoms with Crippen molar-refractivity contribution in [3.05, 3.63) is 78.3 Å². The smallest absolute Gasteiger partial charge is 0.327 e. The molecule has 0 amide bonds. The van der Waals surface area contributed by atoms with Crippen LogP contribution < -0.4 is 0 Å². The summed E-state index contributed by atoms with van der Waals surface area (Å²) in [5.41, 5.74) is 2.40. The van der Waals surface area contributed by atoms with Gasteiger partial charge in [-0.3, -0.25) is 0 Å². The van der Waals surface area contributed by atoms with Gasteiger partial charge in [0, 0.05) is 6.08 Å². The molecule has 1 N–H and O–H groups in total. The SMILES string of the molecule is C=C(Cl)Cl.C=CC(=O)O.C=CCl.C=Cc1ccccc1. The molecule has 0 atom stereocenters. The third-order valence-corrected chi connectivity index (χ3v) is 1.21. The Hall–Kier alpha value is -1.48. The topological polar surface area (TPSA) is 37.3 Å². The Bertz CT molecular complexity index is 397. The summed E-state index contributed by atoms with van der Waals surface area (Å²) in [7, 11) is 0. The Morgan fingerprint density at radius 1 is 1.10 bits per heavy atom. The van der Waals surface area contributed by atoms with E-state index in [2.05, 4.69) is 26.3 Å². The average molecular weight is 336 g/mol. The monoisotopic (exact) mass is 334 g/mol. The van der Waals surface area contributed by atoms with Crippen molar-refractivity contribution in [2.45, 2.75) is 0 Å². The van der Waals surface area contributed by atoms with E-state index in [4.69, 9.17) is 39.9 Å². The highest BCUT2D eigenvalue weighted by Crippen LogP contribution is 1.98. The average Bonchev–Trinajstić information content (AvgIpc) is 2.40. The second kappa shape index (κ2) is 19.9. The summed E-state index contributed by atoms with van der Waals surface area (Å²) >= 11 is 14.5. The first-order chi connectivity index (χ1) is 9.35. The standard InChI is InChI=1S/C8H8.C3H4O2.C2H2Cl2.C2H3Cl/c1-2-8-6-4-3-5-7-8;1-2-3(4)5;1-2(3)4;1-2-3/h2-7H,1H2;2H,1H2,(H,4,5);1H2;2H,1H2. The molecule has 0 bridgehead atoms. The van der Waals surface area contributed by atoms with Gasteiger partial charge in [-0.1, -0.05) is 97.5 Å². The molecule has 110 valence electrons. The van der Waals surface area contributed by atoms with Crippen LogP contribution in [0.2, 0.25) is 0 Å². The van der Waals surface area contributed by atoms with Crippen molar-refractivity contribution in [2.24, 2.45) is 0 Å². The molecule has 1 rings (SSSR count). The molecule has 0 radical (unpaired) electrons. The third kappa shape index (κ3) is 36.0. The lowest BCUT2D eigenvalue weighted by atomic mass is 10.2. The van der Waals surface area contributed by atoms with E-state index in [-0.39, 0.29) is 4.49 Å². The molecule has 1 aromatic carbocycles. The number of carboxylic acid groups (broad SMARTS) is 1. The molecule has 5 heteroatoms. The summed E-state index contributed by atoms with van der Waals surface area (Å²) in [6, 6.07) is 10.0. The zero-order chi connectivity index (χ0) is 16.4. The summed E-state index contributed by atoms with van der Waals surface area (Å²) in [6.45, 7) is 12.8. The molecule has 0 saturated carbocycles. The van der Waals surface area contributed by atoms with Crippen LogP contribution in [0.3, 0.4) is 0 Å². The molecule has 0 unspecified atom stereocenters. The van der Waals surface area contributed by atoms with Crippen molar-refractivity contribution >= 4 is 46.8 Å². The summed E-state index contributed by atoms with van der Waals surface area (Å²) in [5.74, 6) is -0.981. The number of benzene rings is 1. The maximum absolute atomic E-state index is 9.25. The summed E-state index contributed by atoms with van der Waals surface area (Å²) in [6.07, 6.45) is 2.67. The van der Waals surface area contributed by atoms with Gasteiger partial charge in [-0.15, -0.1) is 0 Å². The molecule has 0 aliphatic carbocycles. The van der Waals surface area contributed by atoms with Gasteiger partial charge >= 0.3 is 5.97 Å². The van der Waals surface area contributed by atoms with Crippen LogP contribution in [0.1, 0.15) is 5.56 Å². The van der Waals surface area contributed by atoms with Gasteiger partial charge in [-0.25, -0.2) is 4.79 Å². The van der Waals surface area contributed by atoms with Gasteiger partial charge in [0.25, 0.3) is 0 Å². The van der Waals surface area contributed by atoms with Crippen molar-refractivity contribution in [3.63, 3.8) is 0 Å². The first-order valence-corrected chi connectivity index (χ1v) is 6.28. The van der Waals surface area contributed by atoms with E-state index in [0.29, 0.717) is 0 Å². The number of hydrogen-bond acceptors (Lipinski definition) is 1. The molecule has 0 fully saturated rings. The van der Waals surface area contributed by atoms with Crippen molar-refractivity contribution in [3.8, 4) is 0 Å². The maximum Gasteiger partial charge on any atom is 0.327 e. The van der Waals surface area contributed by atoms with E-state index in [1.165, 1.54) is 11.1 Å². The highest BCUT2D eigenvalue weighted by Gasteiger charge is 1.75. The van der Waals surface area contributed by atoms with Gasteiger partial charge in [0.1, 0.15) is 0 Å². The fraction of sp³-hybridized carbons (Fsp3) is 0. The molecule has 0 saturated heterocycles. The minimum atomic E-state index is -0.981. The summed E-state index contributed by atoms with van der Waals surface area (Å²) < 4.78 is 0.111. The Kier molecular flexibility index (Phi) is 23.4. The predicted octanol–water partition coefficient (Wildman–Crippen LogP) is 5.89. The second-order valence-electron chi connectivity index (χ2n) is 2.65. The fourth-order valence-electron chi connectivity index (χ4n) is 0.589. The summed E-state index contributed by atoms with van der Waals surface area (Å²) in [4.78, 5) is 9.25. The number of carboxylic acids is 1. The normalized spacial score (nSPS) is 6.95. The van der Waals surface area contributed by atoms with Crippen molar-refractivity contribution in [1.29, 1.82) is 0 Å². The van der Waals surface area contributed by atoms with E-state index < -0.39 is 5.97 Å². The third-order valence-electron chi connectivity index (χ3n) is 1.21. The molecule has 0 spiro atoms. The van der Waals surface area contributed by atoms with Crippen molar-refractivity contribution < 1.29 is 9.90 Å². The number of rotatable bonds is 2. The van der Waals surface area contributed by atoms with Crippen LogP contribution >= 0.6 is 34.8 Å². The van der Waals surface area contributed by atoms with Crippen LogP contribution in [0.15, 0.2) is 72.8 Å². The van der Waals surface area contributed by atoms with Gasteiger partial charge in [-0.05, 0) is 11.1 Å². The van der Waals surface area contributed by atoms with Gasteiger partial charge < -0.3 is 5.11 Å². The lowest BCUT2D eigenvalue weighted by molar-refractivity contribution is -0.131. The Morgan fingerprint density at radius 2 is 1.40 bits per heavy atom. The zero-order valence-electron chi connectivity index (χ0n) is 10.9. The van der Waals surface area contributed by atoms with Gasteiger partial charge in [0.2, 0.25) is 0 Å². The fourth-order valence-corrected chi connectivity index (χ4v) is 0.589. The molecular weight excluding hydrogens is 319 g/mol. The van der Waals surface area contributed by atoms with Crippen LogP contribution in [-0.4, -0.2) is 11.1 Å². The first-order valence-electron chi connectivity index (χ1n) is 5.09. The van der Waals surface area contributed by atoms with Gasteiger partial charge in [0.05, 0.1) is 4.49 Å². The van der Waals surface area contributed by atoms with E-state index >= 15 is 0 Å². The molecular formula is C15H17Cl3O2. The largest absolute Gasteiger partial charge is 0.478 e. The molecule has 0 heterocycles. The molecule has 20 heavy (non-hydrogen) atoms. The minimum absolute atomic E-state index is 0.111. The lowest BCUT2D eigenvalue weighted by Crippen LogP contribution is -1.82. The van der Waals surface area contributed by atoms with E-state index in [1.807, 2.05) is 36.4 Å². The zero-order valence-corrected chi connectivity index (χ0v) is 13.2. The predicted molar refractivity (Wildman–Crippen MR) is 91.3 cm³/mol. The lowest BCUT2D eigenvalue weighted by Gasteiger charge is -1.85. The Balaban J connectivity index is -0.000000211. The van der Waals surface area contributed by atoms with Gasteiger partial charge in [-0.2, -0.15) is 0 Å². The van der Waals surface area contributed by atoms with Crippen LogP contribution in [0.4, 0.5) is 0 Å². The number of halogens is 3. The molecule has 0 aliphatic heterocycles. The van der Waals surface area contributed by atoms with Crippen LogP contribution in [0, 0.1) is 0 Å². The second-order valence-corrected chi connectivity index (χ2v) is 4.06. The van der Waals surface area contributed by atoms with E-state index in [0.717, 1.165) is 6.08 Å². The molecule has 1 aromatic rings. The van der Waals surface area contributed by atoms with Crippen molar-refractivity contribution in [2.75, 3.05) is 0 Å². The van der Waals surface area contributed by atoms with E-state index in [9.17, 15) is 4.79 Å². The molecule has 0 aliphatic rings. The van der Waals surface area contributed by atoms with E-state index in [1.54, 1.807) is 0 Å². The molecule has 2 nitrogen and oxygen atoms in total. The number of hydrogen-bond donors (Lipinski definition) is 1. The number of carbonyl (C=O) groups is 1. The van der Waals surface area contributed by atoms with Crippen molar-refractivity contribution in [1.82, 2.24) is 0 Å². The quantitative estimate of drug-likeness (QED) is 0.684. The van der Waals surface area contributed by atoms with Crippen LogP contribution in [0.25, 0.3) is 6.08 Å². The number of aliphatic carboxylic acids is 1. The summed E-state index contributed by atoms with van der Waals surface area (Å²) in [5, 5.41) is 7.60. The first kappa shape index (κ1) is 23.6.